The molecule has 1 N–H and O–H groups in total. The highest BCUT2D eigenvalue weighted by atomic mass is 32.2. The molecule has 1 fully saturated rings. The molecule has 0 unspecified atom stereocenters. The minimum atomic E-state index is -4.16. The third-order valence-electron chi connectivity index (χ3n) is 9.05. The third-order valence-corrected chi connectivity index (χ3v) is 10.4. The number of sulfonamides is 1. The number of hydrogen-bond donors (Lipinski definition) is 1. The number of nitrogens with zero attached hydrogens (tertiary/aromatic N) is 6. The van der Waals surface area contributed by atoms with Gasteiger partial charge in [0.25, 0.3) is 15.9 Å². The number of amides is 1. The van der Waals surface area contributed by atoms with Crippen LogP contribution in [-0.4, -0.2) is 65.4 Å². The fourth-order valence-corrected chi connectivity index (χ4v) is 7.44. The van der Waals surface area contributed by atoms with Gasteiger partial charge in [-0.1, -0.05) is 57.4 Å². The lowest BCUT2D eigenvalue weighted by molar-refractivity contribution is 0.0508. The van der Waals surface area contributed by atoms with E-state index in [2.05, 4.69) is 38.4 Å². The van der Waals surface area contributed by atoms with E-state index in [-0.39, 0.29) is 47.4 Å². The monoisotopic (exact) mass is 669 g/mol. The number of rotatable bonds is 8. The Labute approximate surface area is 282 Å². The number of hydrogen-bond acceptors (Lipinski definition) is 9. The minimum Gasteiger partial charge on any atom is -0.475 e. The van der Waals surface area contributed by atoms with E-state index in [9.17, 15) is 13.2 Å². The minimum absolute atomic E-state index is 0.0660. The second kappa shape index (κ2) is 13.9. The van der Waals surface area contributed by atoms with Gasteiger partial charge < -0.3 is 14.5 Å². The molecule has 0 spiro atoms. The van der Waals surface area contributed by atoms with Gasteiger partial charge in [-0.05, 0) is 61.4 Å². The zero-order valence-corrected chi connectivity index (χ0v) is 29.0. The summed E-state index contributed by atoms with van der Waals surface area (Å²) < 4.78 is 36.3. The molecule has 1 amide bonds. The zero-order valence-electron chi connectivity index (χ0n) is 28.2. The Bertz CT molecular complexity index is 1890. The Morgan fingerprint density at radius 1 is 1.02 bits per heavy atom. The number of fused-ring (bicyclic) bond motifs is 4. The highest BCUT2D eigenvalue weighted by Crippen LogP contribution is 2.34. The molecule has 1 atom stereocenters. The topological polar surface area (TPSA) is 131 Å². The van der Waals surface area contributed by atoms with E-state index in [0.717, 1.165) is 54.7 Å². The molecule has 1 aliphatic heterocycles. The van der Waals surface area contributed by atoms with Crippen LogP contribution in [0, 0.1) is 25.7 Å². The van der Waals surface area contributed by atoms with Crippen molar-refractivity contribution in [1.29, 1.82) is 0 Å². The van der Waals surface area contributed by atoms with Crippen LogP contribution in [0.25, 0.3) is 11.3 Å². The molecule has 0 saturated heterocycles. The first-order chi connectivity index (χ1) is 23.0. The lowest BCUT2D eigenvalue weighted by atomic mass is 9.80. The molecule has 2 aromatic heterocycles. The molecule has 252 valence electrons. The highest BCUT2D eigenvalue weighted by molar-refractivity contribution is 7.92. The highest BCUT2D eigenvalue weighted by Gasteiger charge is 2.32. The van der Waals surface area contributed by atoms with Crippen molar-refractivity contribution in [2.24, 2.45) is 11.8 Å². The van der Waals surface area contributed by atoms with Crippen LogP contribution in [-0.2, 0) is 16.6 Å². The number of nitrogens with one attached hydrogen (secondary N) is 1. The summed E-state index contributed by atoms with van der Waals surface area (Å²) in [7, 11) is -2.18. The Morgan fingerprint density at radius 3 is 2.48 bits per heavy atom. The van der Waals surface area contributed by atoms with Crippen molar-refractivity contribution in [3.63, 3.8) is 0 Å². The van der Waals surface area contributed by atoms with Crippen molar-refractivity contribution >= 4 is 27.7 Å². The van der Waals surface area contributed by atoms with Crippen molar-refractivity contribution in [1.82, 2.24) is 24.8 Å². The molecule has 0 radical (unpaired) electrons. The fourth-order valence-electron chi connectivity index (χ4n) is 6.45. The molecule has 6 rings (SSSR count). The number of carbonyl (C=O) groups excluding carboxylic acids is 1. The third kappa shape index (κ3) is 7.43. The number of aromatic nitrogens is 4. The van der Waals surface area contributed by atoms with Gasteiger partial charge >= 0.3 is 0 Å². The SMILES string of the molecule is Cc1cccc(C)c1-c1cc2nc(n1)NS(=O)(=O)c1cccc(c1)C(=O)N(Cc1cncc(N(C)CC(C)C)n1)[C@H](CC1CCC1)CO2. The molecular formula is C36H43N7O4S. The van der Waals surface area contributed by atoms with Gasteiger partial charge in [-0.2, -0.15) is 4.98 Å². The quantitative estimate of drug-likeness (QED) is 0.239. The molecule has 4 bridgehead atoms. The first-order valence-electron chi connectivity index (χ1n) is 16.5. The summed E-state index contributed by atoms with van der Waals surface area (Å²) in [6.45, 7) is 9.39. The lowest BCUT2D eigenvalue weighted by Gasteiger charge is -2.36. The average molecular weight is 670 g/mol. The number of anilines is 2. The van der Waals surface area contributed by atoms with E-state index in [4.69, 9.17) is 9.72 Å². The second-order valence-electron chi connectivity index (χ2n) is 13.4. The van der Waals surface area contributed by atoms with Crippen LogP contribution in [0.15, 0.2) is 65.8 Å². The van der Waals surface area contributed by atoms with E-state index < -0.39 is 10.0 Å². The van der Waals surface area contributed by atoms with E-state index in [0.29, 0.717) is 23.2 Å². The standard InChI is InChI=1S/C36H43N7O4S/c1-23(2)20-42(5)32-19-37-18-28(38-32)21-43-29(15-26-11-7-12-26)22-47-33-17-31(34-24(3)9-6-10-25(34)4)39-36(40-33)41-48(45,46)30-14-8-13-27(16-30)35(43)44/h6,8-10,13-14,16-19,23,26,29H,7,11-12,15,20-22H2,1-5H3,(H,39,40,41)/t29-/m1/s1. The number of aryl methyl sites for hydroxylation is 2. The largest absolute Gasteiger partial charge is 0.475 e. The summed E-state index contributed by atoms with van der Waals surface area (Å²) >= 11 is 0. The lowest BCUT2D eigenvalue weighted by Crippen LogP contribution is -2.45. The van der Waals surface area contributed by atoms with Gasteiger partial charge in [-0.25, -0.2) is 23.1 Å². The van der Waals surface area contributed by atoms with Crippen LogP contribution in [0.4, 0.5) is 11.8 Å². The number of ether oxygens (including phenoxy) is 1. The summed E-state index contributed by atoms with van der Waals surface area (Å²) in [6, 6.07) is 13.4. The molecule has 48 heavy (non-hydrogen) atoms. The summed E-state index contributed by atoms with van der Waals surface area (Å²) in [6.07, 6.45) is 7.45. The molecule has 11 nitrogen and oxygen atoms in total. The Kier molecular flexibility index (Phi) is 9.63. The zero-order chi connectivity index (χ0) is 34.0. The van der Waals surface area contributed by atoms with Crippen molar-refractivity contribution in [3.8, 4) is 17.1 Å². The van der Waals surface area contributed by atoms with Gasteiger partial charge in [0.2, 0.25) is 11.8 Å². The van der Waals surface area contributed by atoms with E-state index in [1.165, 1.54) is 12.1 Å². The van der Waals surface area contributed by atoms with E-state index in [1.54, 1.807) is 35.5 Å². The molecule has 12 heteroatoms. The number of benzene rings is 2. The van der Waals surface area contributed by atoms with Crippen molar-refractivity contribution in [2.45, 2.75) is 70.9 Å². The van der Waals surface area contributed by atoms with E-state index in [1.807, 2.05) is 39.1 Å². The summed E-state index contributed by atoms with van der Waals surface area (Å²) in [4.78, 5) is 36.7. The second-order valence-corrected chi connectivity index (χ2v) is 15.1. The van der Waals surface area contributed by atoms with Crippen molar-refractivity contribution in [3.05, 3.63) is 83.3 Å². The first-order valence-corrected chi connectivity index (χ1v) is 18.0. The average Bonchev–Trinajstić information content (AvgIpc) is 3.02. The maximum absolute atomic E-state index is 14.5. The van der Waals surface area contributed by atoms with Gasteiger partial charge in [0.05, 0.1) is 41.3 Å². The molecule has 1 aliphatic carbocycles. The Balaban J connectivity index is 1.45. The predicted molar refractivity (Wildman–Crippen MR) is 185 cm³/mol. The van der Waals surface area contributed by atoms with Gasteiger partial charge in [0.15, 0.2) is 0 Å². The molecule has 1 saturated carbocycles. The van der Waals surface area contributed by atoms with Crippen LogP contribution < -0.4 is 14.4 Å². The summed E-state index contributed by atoms with van der Waals surface area (Å²) in [5.74, 6) is 1.40. The molecule has 3 heterocycles. The predicted octanol–water partition coefficient (Wildman–Crippen LogP) is 6.04. The van der Waals surface area contributed by atoms with Crippen LogP contribution in [0.2, 0.25) is 0 Å². The van der Waals surface area contributed by atoms with Gasteiger partial charge in [-0.3, -0.25) is 9.78 Å². The Morgan fingerprint density at radius 2 is 1.77 bits per heavy atom. The molecular weight excluding hydrogens is 627 g/mol. The maximum atomic E-state index is 14.5. The van der Waals surface area contributed by atoms with Crippen LogP contribution in [0.5, 0.6) is 5.88 Å². The molecule has 2 aromatic carbocycles. The van der Waals surface area contributed by atoms with Crippen LogP contribution in [0.3, 0.4) is 0 Å². The van der Waals surface area contributed by atoms with Crippen LogP contribution in [0.1, 0.15) is 66.7 Å². The Hall–Kier alpha value is -4.58. The number of carbonyl (C=O) groups is 1. The summed E-state index contributed by atoms with van der Waals surface area (Å²) in [5.41, 5.74) is 4.27. The van der Waals surface area contributed by atoms with Crippen molar-refractivity contribution < 1.29 is 17.9 Å². The van der Waals surface area contributed by atoms with Gasteiger partial charge in [0, 0.05) is 30.8 Å². The van der Waals surface area contributed by atoms with Crippen LogP contribution >= 0.6 is 0 Å². The van der Waals surface area contributed by atoms with Gasteiger partial charge in [0.1, 0.15) is 12.4 Å². The van der Waals surface area contributed by atoms with Crippen molar-refractivity contribution in [2.75, 3.05) is 29.8 Å². The fraction of sp³-hybridized carbons (Fsp3) is 0.417. The maximum Gasteiger partial charge on any atom is 0.264 e. The van der Waals surface area contributed by atoms with E-state index >= 15 is 0 Å². The normalized spacial score (nSPS) is 17.8. The van der Waals surface area contributed by atoms with Gasteiger partial charge in [-0.15, -0.1) is 0 Å². The smallest absolute Gasteiger partial charge is 0.264 e. The molecule has 4 aromatic rings. The molecule has 2 aliphatic rings. The first kappa shape index (κ1) is 33.3. The summed E-state index contributed by atoms with van der Waals surface area (Å²) in [5, 5.41) is 0.